The molecule has 0 fully saturated rings. The van der Waals surface area contributed by atoms with Gasteiger partial charge in [-0.1, -0.05) is 0 Å². The average Bonchev–Trinajstić information content (AvgIpc) is 2.16. The Morgan fingerprint density at radius 2 is 2.07 bits per heavy atom. The molecule has 0 aliphatic carbocycles. The van der Waals surface area contributed by atoms with Crippen LogP contribution in [0.15, 0.2) is 18.2 Å². The highest BCUT2D eigenvalue weighted by molar-refractivity contribution is 5.44. The molecule has 5 heteroatoms. The Labute approximate surface area is 86.5 Å². The van der Waals surface area contributed by atoms with Gasteiger partial charge in [0.25, 0.3) is 6.43 Å². The topological polar surface area (TPSA) is 55.5 Å². The molecule has 0 saturated heterocycles. The highest BCUT2D eigenvalue weighted by Crippen LogP contribution is 2.34. The van der Waals surface area contributed by atoms with Crippen molar-refractivity contribution in [3.05, 3.63) is 23.8 Å². The Morgan fingerprint density at radius 3 is 2.53 bits per heavy atom. The monoisotopic (exact) mass is 217 g/mol. The quantitative estimate of drug-likeness (QED) is 0.812. The zero-order chi connectivity index (χ0) is 11.6. The summed E-state index contributed by atoms with van der Waals surface area (Å²) in [6.45, 7) is 1.21. The largest absolute Gasteiger partial charge is 0.508 e. The van der Waals surface area contributed by atoms with Crippen LogP contribution in [0.5, 0.6) is 11.5 Å². The molecule has 0 radical (unpaired) electrons. The summed E-state index contributed by atoms with van der Waals surface area (Å²) in [7, 11) is 1.33. The first-order valence-electron chi connectivity index (χ1n) is 4.34. The Morgan fingerprint density at radius 1 is 1.47 bits per heavy atom. The van der Waals surface area contributed by atoms with Gasteiger partial charge in [-0.25, -0.2) is 8.78 Å². The van der Waals surface area contributed by atoms with Gasteiger partial charge in [-0.15, -0.1) is 0 Å². The number of phenolic OH excluding ortho intramolecular Hbond substituents is 1. The van der Waals surface area contributed by atoms with Crippen LogP contribution in [0.2, 0.25) is 0 Å². The molecule has 0 amide bonds. The van der Waals surface area contributed by atoms with Crippen molar-refractivity contribution >= 4 is 0 Å². The van der Waals surface area contributed by atoms with Crippen molar-refractivity contribution in [2.45, 2.75) is 18.9 Å². The molecule has 1 aromatic carbocycles. The number of halogens is 2. The molecule has 0 bridgehead atoms. The summed E-state index contributed by atoms with van der Waals surface area (Å²) in [5, 5.41) is 9.16. The Balaban J connectivity index is 3.24. The summed E-state index contributed by atoms with van der Waals surface area (Å²) < 4.78 is 30.2. The van der Waals surface area contributed by atoms with Gasteiger partial charge in [-0.2, -0.15) is 0 Å². The number of benzene rings is 1. The standard InChI is InChI=1S/C10H13F2NO2/c1-10(13,9(11)12)7-4-3-6(14)5-8(7)15-2/h3-5,9,14H,13H2,1-2H3. The highest BCUT2D eigenvalue weighted by Gasteiger charge is 2.35. The number of phenols is 1. The number of hydrogen-bond donors (Lipinski definition) is 2. The number of hydrogen-bond acceptors (Lipinski definition) is 3. The fourth-order valence-corrected chi connectivity index (χ4v) is 1.24. The van der Waals surface area contributed by atoms with Gasteiger partial charge in [0.05, 0.1) is 7.11 Å². The van der Waals surface area contributed by atoms with Crippen LogP contribution in [-0.4, -0.2) is 18.6 Å². The van der Waals surface area contributed by atoms with Crippen LogP contribution in [0, 0.1) is 0 Å². The lowest BCUT2D eigenvalue weighted by Gasteiger charge is -2.25. The van der Waals surface area contributed by atoms with Crippen molar-refractivity contribution in [2.75, 3.05) is 7.11 Å². The van der Waals surface area contributed by atoms with Crippen LogP contribution in [0.25, 0.3) is 0 Å². The van der Waals surface area contributed by atoms with Gasteiger partial charge in [0.1, 0.15) is 17.0 Å². The predicted molar refractivity (Wildman–Crippen MR) is 52.2 cm³/mol. The van der Waals surface area contributed by atoms with Crippen LogP contribution in [-0.2, 0) is 5.54 Å². The van der Waals surface area contributed by atoms with Crippen molar-refractivity contribution in [3.8, 4) is 11.5 Å². The van der Waals surface area contributed by atoms with Gasteiger partial charge in [-0.3, -0.25) is 0 Å². The van der Waals surface area contributed by atoms with Gasteiger partial charge < -0.3 is 15.6 Å². The second-order valence-corrected chi connectivity index (χ2v) is 3.47. The first-order chi connectivity index (χ1) is 6.89. The molecule has 3 nitrogen and oxygen atoms in total. The van der Waals surface area contributed by atoms with E-state index < -0.39 is 12.0 Å². The van der Waals surface area contributed by atoms with Crippen LogP contribution in [0.4, 0.5) is 8.78 Å². The molecule has 0 spiro atoms. The van der Waals surface area contributed by atoms with Gasteiger partial charge in [-0.05, 0) is 19.1 Å². The summed E-state index contributed by atoms with van der Waals surface area (Å²) in [6, 6.07) is 3.88. The minimum atomic E-state index is -2.71. The van der Waals surface area contributed by atoms with Crippen molar-refractivity contribution < 1.29 is 18.6 Å². The van der Waals surface area contributed by atoms with Crippen molar-refractivity contribution in [1.29, 1.82) is 0 Å². The minimum absolute atomic E-state index is 0.0549. The Bertz CT molecular complexity index is 353. The van der Waals surface area contributed by atoms with E-state index in [2.05, 4.69) is 0 Å². The van der Waals surface area contributed by atoms with E-state index in [0.29, 0.717) is 0 Å². The highest BCUT2D eigenvalue weighted by atomic mass is 19.3. The van der Waals surface area contributed by atoms with E-state index in [4.69, 9.17) is 15.6 Å². The molecular formula is C10H13F2NO2. The van der Waals surface area contributed by atoms with E-state index >= 15 is 0 Å². The third-order valence-corrected chi connectivity index (χ3v) is 2.22. The molecule has 0 aromatic heterocycles. The Hall–Kier alpha value is -1.36. The van der Waals surface area contributed by atoms with Crippen LogP contribution < -0.4 is 10.5 Å². The molecule has 1 rings (SSSR count). The maximum Gasteiger partial charge on any atom is 0.260 e. The SMILES string of the molecule is COc1cc(O)ccc1C(C)(N)C(F)F. The van der Waals surface area contributed by atoms with E-state index in [1.54, 1.807) is 0 Å². The predicted octanol–water partition coefficient (Wildman–Crippen LogP) is 1.84. The zero-order valence-corrected chi connectivity index (χ0v) is 8.50. The normalized spacial score (nSPS) is 15.1. The summed E-state index contributed by atoms with van der Waals surface area (Å²) in [6.07, 6.45) is -2.71. The lowest BCUT2D eigenvalue weighted by Crippen LogP contribution is -2.40. The number of rotatable bonds is 3. The van der Waals surface area contributed by atoms with E-state index in [9.17, 15) is 8.78 Å². The van der Waals surface area contributed by atoms with E-state index in [1.165, 1.54) is 32.2 Å². The third kappa shape index (κ3) is 2.18. The average molecular weight is 217 g/mol. The second-order valence-electron chi connectivity index (χ2n) is 3.47. The van der Waals surface area contributed by atoms with Gasteiger partial charge in [0.15, 0.2) is 0 Å². The first-order valence-corrected chi connectivity index (χ1v) is 4.34. The summed E-state index contributed by atoms with van der Waals surface area (Å²) >= 11 is 0. The van der Waals surface area contributed by atoms with Crippen molar-refractivity contribution in [1.82, 2.24) is 0 Å². The van der Waals surface area contributed by atoms with Crippen LogP contribution in [0.3, 0.4) is 0 Å². The van der Waals surface area contributed by atoms with Crippen molar-refractivity contribution in [2.24, 2.45) is 5.73 Å². The molecule has 0 aliphatic heterocycles. The number of alkyl halides is 2. The lowest BCUT2D eigenvalue weighted by molar-refractivity contribution is 0.0610. The molecule has 0 aliphatic rings. The van der Waals surface area contributed by atoms with E-state index in [0.717, 1.165) is 0 Å². The fraction of sp³-hybridized carbons (Fsp3) is 0.400. The van der Waals surface area contributed by atoms with Crippen LogP contribution >= 0.6 is 0 Å². The van der Waals surface area contributed by atoms with Gasteiger partial charge in [0, 0.05) is 11.6 Å². The molecule has 1 atom stereocenters. The second kappa shape index (κ2) is 4.02. The number of aromatic hydroxyl groups is 1. The van der Waals surface area contributed by atoms with Gasteiger partial charge in [0.2, 0.25) is 0 Å². The molecule has 0 saturated carbocycles. The summed E-state index contributed by atoms with van der Waals surface area (Å²) in [5.74, 6) is 0.0981. The number of nitrogens with two attached hydrogens (primary N) is 1. The van der Waals surface area contributed by atoms with E-state index in [-0.39, 0.29) is 17.1 Å². The molecule has 84 valence electrons. The zero-order valence-electron chi connectivity index (χ0n) is 8.50. The Kier molecular flexibility index (Phi) is 3.14. The minimum Gasteiger partial charge on any atom is -0.508 e. The smallest absolute Gasteiger partial charge is 0.260 e. The molecule has 1 unspecified atom stereocenters. The van der Waals surface area contributed by atoms with E-state index in [1.807, 2.05) is 0 Å². The molecule has 15 heavy (non-hydrogen) atoms. The van der Waals surface area contributed by atoms with Crippen molar-refractivity contribution in [3.63, 3.8) is 0 Å². The number of methoxy groups -OCH3 is 1. The first kappa shape index (κ1) is 11.7. The fourth-order valence-electron chi connectivity index (χ4n) is 1.24. The third-order valence-electron chi connectivity index (χ3n) is 2.22. The maximum atomic E-state index is 12.7. The summed E-state index contributed by atoms with van der Waals surface area (Å²) in [5.41, 5.74) is 3.87. The summed E-state index contributed by atoms with van der Waals surface area (Å²) in [4.78, 5) is 0. The molecule has 3 N–H and O–H groups in total. The maximum absolute atomic E-state index is 12.7. The van der Waals surface area contributed by atoms with Gasteiger partial charge >= 0.3 is 0 Å². The number of ether oxygens (including phenoxy) is 1. The molecular weight excluding hydrogens is 204 g/mol. The molecule has 1 aromatic rings. The molecule has 0 heterocycles. The lowest BCUT2D eigenvalue weighted by atomic mass is 9.92. The van der Waals surface area contributed by atoms with Crippen LogP contribution in [0.1, 0.15) is 12.5 Å².